The normalized spacial score (nSPS) is 11.3. The van der Waals surface area contributed by atoms with Gasteiger partial charge in [-0.3, -0.25) is 0 Å². The lowest BCUT2D eigenvalue weighted by Crippen LogP contribution is -2.18. The van der Waals surface area contributed by atoms with Crippen LogP contribution in [0, 0.1) is 11.3 Å². The molecule has 0 spiro atoms. The number of carbonyl (C=O) groups excluding carboxylic acids is 1. The lowest BCUT2D eigenvalue weighted by molar-refractivity contribution is -0.138. The first-order chi connectivity index (χ1) is 8.99. The average molecular weight is 300 g/mol. The van der Waals surface area contributed by atoms with Gasteiger partial charge in [0, 0.05) is 5.69 Å². The summed E-state index contributed by atoms with van der Waals surface area (Å²) in [7, 11) is 0. The summed E-state index contributed by atoms with van der Waals surface area (Å²) in [6.45, 7) is 1.79. The van der Waals surface area contributed by atoms with Gasteiger partial charge in [0.1, 0.15) is 11.9 Å². The molecule has 0 radical (unpaired) electrons. The molecule has 1 aromatic carbocycles. The third-order valence-corrected chi connectivity index (χ3v) is 2.80. The Labute approximate surface area is 120 Å². The summed E-state index contributed by atoms with van der Waals surface area (Å²) in [4.78, 5) is 11.5. The summed E-state index contributed by atoms with van der Waals surface area (Å²) < 4.78 is 4.71. The van der Waals surface area contributed by atoms with Crippen LogP contribution in [0.25, 0.3) is 0 Å². The van der Waals surface area contributed by atoms with Crippen LogP contribution >= 0.6 is 23.2 Å². The van der Waals surface area contributed by atoms with Crippen LogP contribution in [0.4, 0.5) is 5.69 Å². The SMILES string of the molecule is CCOC(=O)/C(C#N)=C(/N)Nc1ccc(Cl)c(Cl)c1. The van der Waals surface area contributed by atoms with Gasteiger partial charge in [0.15, 0.2) is 5.57 Å². The predicted octanol–water partition coefficient (Wildman–Crippen LogP) is 2.66. The molecule has 3 N–H and O–H groups in total. The maximum absolute atomic E-state index is 11.5. The Hall–Kier alpha value is -1.90. The van der Waals surface area contributed by atoms with E-state index in [1.165, 1.54) is 6.07 Å². The third-order valence-electron chi connectivity index (χ3n) is 2.06. The number of hydrogen-bond donors (Lipinski definition) is 2. The van der Waals surface area contributed by atoms with Crippen molar-refractivity contribution in [2.24, 2.45) is 5.73 Å². The number of hydrogen-bond acceptors (Lipinski definition) is 5. The molecule has 0 aliphatic heterocycles. The highest BCUT2D eigenvalue weighted by atomic mass is 35.5. The van der Waals surface area contributed by atoms with Crippen LogP contribution in [0.5, 0.6) is 0 Å². The maximum Gasteiger partial charge on any atom is 0.352 e. The molecule has 0 unspecified atom stereocenters. The van der Waals surface area contributed by atoms with Crippen LogP contribution in [-0.2, 0) is 9.53 Å². The topological polar surface area (TPSA) is 88.1 Å². The van der Waals surface area contributed by atoms with E-state index in [1.807, 2.05) is 0 Å². The van der Waals surface area contributed by atoms with Gasteiger partial charge in [-0.05, 0) is 25.1 Å². The molecular weight excluding hydrogens is 289 g/mol. The number of halogens is 2. The van der Waals surface area contributed by atoms with Crippen molar-refractivity contribution in [3.8, 4) is 6.07 Å². The molecule has 0 aliphatic rings. The second kappa shape index (κ2) is 6.88. The third kappa shape index (κ3) is 4.05. The summed E-state index contributed by atoms with van der Waals surface area (Å²) >= 11 is 11.6. The maximum atomic E-state index is 11.5. The van der Waals surface area contributed by atoms with E-state index in [1.54, 1.807) is 25.1 Å². The number of esters is 1. The van der Waals surface area contributed by atoms with Crippen molar-refractivity contribution in [1.82, 2.24) is 0 Å². The second-order valence-electron chi connectivity index (χ2n) is 3.37. The van der Waals surface area contributed by atoms with Gasteiger partial charge in [-0.15, -0.1) is 0 Å². The molecular formula is C12H11Cl2N3O2. The largest absolute Gasteiger partial charge is 0.462 e. The molecule has 0 aromatic heterocycles. The molecule has 0 atom stereocenters. The number of rotatable bonds is 4. The Morgan fingerprint density at radius 3 is 2.68 bits per heavy atom. The highest BCUT2D eigenvalue weighted by Gasteiger charge is 2.15. The fourth-order valence-electron chi connectivity index (χ4n) is 1.21. The van der Waals surface area contributed by atoms with E-state index in [2.05, 4.69) is 5.32 Å². The number of carbonyl (C=O) groups is 1. The standard InChI is InChI=1S/C12H11Cl2N3O2/c1-2-19-12(18)8(6-15)11(16)17-7-3-4-9(13)10(14)5-7/h3-5,17H,2,16H2,1H3/b11-8-. The molecule has 1 rings (SSSR count). The number of nitrogens with one attached hydrogen (secondary N) is 1. The Kier molecular flexibility index (Phi) is 5.49. The highest BCUT2D eigenvalue weighted by molar-refractivity contribution is 6.42. The minimum atomic E-state index is -0.782. The lowest BCUT2D eigenvalue weighted by Gasteiger charge is -2.09. The Morgan fingerprint density at radius 1 is 1.47 bits per heavy atom. The van der Waals surface area contributed by atoms with E-state index in [9.17, 15) is 4.79 Å². The molecule has 0 heterocycles. The Balaban J connectivity index is 2.98. The monoisotopic (exact) mass is 299 g/mol. The van der Waals surface area contributed by atoms with Crippen LogP contribution < -0.4 is 11.1 Å². The van der Waals surface area contributed by atoms with Crippen molar-refractivity contribution in [3.05, 3.63) is 39.6 Å². The van der Waals surface area contributed by atoms with Crippen LogP contribution in [-0.4, -0.2) is 12.6 Å². The molecule has 1 aromatic rings. The van der Waals surface area contributed by atoms with E-state index < -0.39 is 5.97 Å². The molecule has 5 nitrogen and oxygen atoms in total. The fourth-order valence-corrected chi connectivity index (χ4v) is 1.51. The van der Waals surface area contributed by atoms with Gasteiger partial charge in [0.25, 0.3) is 0 Å². The first-order valence-electron chi connectivity index (χ1n) is 5.28. The molecule has 0 bridgehead atoms. The highest BCUT2D eigenvalue weighted by Crippen LogP contribution is 2.25. The number of nitriles is 1. The Morgan fingerprint density at radius 2 is 2.16 bits per heavy atom. The zero-order valence-corrected chi connectivity index (χ0v) is 11.5. The van der Waals surface area contributed by atoms with Crippen molar-refractivity contribution in [1.29, 1.82) is 5.26 Å². The molecule has 0 amide bonds. The van der Waals surface area contributed by atoms with E-state index >= 15 is 0 Å². The summed E-state index contributed by atoms with van der Waals surface area (Å²) in [5, 5.41) is 12.3. The quantitative estimate of drug-likeness (QED) is 0.507. The number of nitrogens with zero attached hydrogens (tertiary/aromatic N) is 1. The van der Waals surface area contributed by atoms with Gasteiger partial charge in [-0.1, -0.05) is 23.2 Å². The predicted molar refractivity (Wildman–Crippen MR) is 73.5 cm³/mol. The number of nitrogens with two attached hydrogens (primary N) is 1. The van der Waals surface area contributed by atoms with Gasteiger partial charge >= 0.3 is 5.97 Å². The summed E-state index contributed by atoms with van der Waals surface area (Å²) in [5.74, 6) is -0.894. The number of ether oxygens (including phenoxy) is 1. The van der Waals surface area contributed by atoms with Gasteiger partial charge in [0.2, 0.25) is 0 Å². The first kappa shape index (κ1) is 15.2. The van der Waals surface area contributed by atoms with Crippen LogP contribution in [0.2, 0.25) is 10.0 Å². The van der Waals surface area contributed by atoms with Gasteiger partial charge < -0.3 is 15.8 Å². The van der Waals surface area contributed by atoms with Crippen molar-refractivity contribution < 1.29 is 9.53 Å². The molecule has 0 fully saturated rings. The molecule has 0 aliphatic carbocycles. The Bertz CT molecular complexity index is 565. The summed E-state index contributed by atoms with van der Waals surface area (Å²) in [6.07, 6.45) is 0. The minimum Gasteiger partial charge on any atom is -0.462 e. The van der Waals surface area contributed by atoms with Gasteiger partial charge in [-0.2, -0.15) is 5.26 Å². The van der Waals surface area contributed by atoms with Gasteiger partial charge in [0.05, 0.1) is 16.7 Å². The van der Waals surface area contributed by atoms with Crippen molar-refractivity contribution in [2.45, 2.75) is 6.92 Å². The van der Waals surface area contributed by atoms with Crippen molar-refractivity contribution >= 4 is 34.9 Å². The average Bonchev–Trinajstić information content (AvgIpc) is 2.35. The van der Waals surface area contributed by atoms with E-state index in [-0.39, 0.29) is 18.0 Å². The summed E-state index contributed by atoms with van der Waals surface area (Å²) in [6, 6.07) is 6.39. The molecule has 0 saturated carbocycles. The lowest BCUT2D eigenvalue weighted by atomic mass is 10.2. The zero-order chi connectivity index (χ0) is 14.4. The van der Waals surface area contributed by atoms with Crippen molar-refractivity contribution in [3.63, 3.8) is 0 Å². The number of benzene rings is 1. The molecule has 7 heteroatoms. The van der Waals surface area contributed by atoms with Crippen LogP contribution in [0.1, 0.15) is 6.92 Å². The number of anilines is 1. The van der Waals surface area contributed by atoms with E-state index in [0.29, 0.717) is 15.7 Å². The zero-order valence-electron chi connectivity index (χ0n) is 10.0. The molecule has 100 valence electrons. The first-order valence-corrected chi connectivity index (χ1v) is 6.04. The van der Waals surface area contributed by atoms with Crippen LogP contribution in [0.15, 0.2) is 29.6 Å². The van der Waals surface area contributed by atoms with Crippen LogP contribution in [0.3, 0.4) is 0 Å². The van der Waals surface area contributed by atoms with E-state index in [0.717, 1.165) is 0 Å². The van der Waals surface area contributed by atoms with Gasteiger partial charge in [-0.25, -0.2) is 4.79 Å². The molecule has 19 heavy (non-hydrogen) atoms. The van der Waals surface area contributed by atoms with E-state index in [4.69, 9.17) is 38.9 Å². The summed E-state index contributed by atoms with van der Waals surface area (Å²) in [5.41, 5.74) is 5.85. The smallest absolute Gasteiger partial charge is 0.352 e. The second-order valence-corrected chi connectivity index (χ2v) is 4.19. The molecule has 0 saturated heterocycles. The fraction of sp³-hybridized carbons (Fsp3) is 0.167. The van der Waals surface area contributed by atoms with Crippen molar-refractivity contribution in [2.75, 3.05) is 11.9 Å². The minimum absolute atomic E-state index is 0.112.